The van der Waals surface area contributed by atoms with Crippen LogP contribution in [0.15, 0.2) is 36.4 Å². The third-order valence-electron chi connectivity index (χ3n) is 3.04. The lowest BCUT2D eigenvalue weighted by atomic mass is 10.0. The molecule has 0 fully saturated rings. The second kappa shape index (κ2) is 5.10. The van der Waals surface area contributed by atoms with Gasteiger partial charge >= 0.3 is 6.18 Å². The van der Waals surface area contributed by atoms with Crippen LogP contribution >= 0.6 is 11.6 Å². The molecule has 112 valence electrons. The van der Waals surface area contributed by atoms with Gasteiger partial charge < -0.3 is 5.73 Å². The highest BCUT2D eigenvalue weighted by atomic mass is 35.5. The first-order valence-corrected chi connectivity index (χ1v) is 6.50. The molecule has 0 aliphatic carbocycles. The standard InChI is InChI=1S/C14H8ClF3N4/c15-11-8-5-6-10(20-12(8)22-13(19)21-11)7-3-1-2-4-9(7)14(16,17)18/h1-6H,(H2,19,20,21,22). The molecule has 2 aromatic heterocycles. The highest BCUT2D eigenvalue weighted by molar-refractivity contribution is 6.34. The summed E-state index contributed by atoms with van der Waals surface area (Å²) in [4.78, 5) is 11.8. The summed E-state index contributed by atoms with van der Waals surface area (Å²) < 4.78 is 39.2. The Morgan fingerprint density at radius 2 is 1.68 bits per heavy atom. The molecule has 0 saturated heterocycles. The Morgan fingerprint density at radius 3 is 2.41 bits per heavy atom. The maximum absolute atomic E-state index is 13.1. The van der Waals surface area contributed by atoms with Gasteiger partial charge in [0, 0.05) is 5.56 Å². The lowest BCUT2D eigenvalue weighted by Gasteiger charge is -2.12. The second-order valence-corrected chi connectivity index (χ2v) is 4.84. The number of rotatable bonds is 1. The molecule has 0 aliphatic rings. The molecule has 2 heterocycles. The summed E-state index contributed by atoms with van der Waals surface area (Å²) in [6.45, 7) is 0. The van der Waals surface area contributed by atoms with Gasteiger partial charge in [0.1, 0.15) is 5.15 Å². The molecular formula is C14H8ClF3N4. The van der Waals surface area contributed by atoms with Crippen LogP contribution in [0.25, 0.3) is 22.3 Å². The van der Waals surface area contributed by atoms with Crippen molar-refractivity contribution in [1.29, 1.82) is 0 Å². The summed E-state index contributed by atoms with van der Waals surface area (Å²) in [6.07, 6.45) is -4.48. The molecule has 0 bridgehead atoms. The number of fused-ring (bicyclic) bond motifs is 1. The molecule has 0 radical (unpaired) electrons. The van der Waals surface area contributed by atoms with Crippen LogP contribution in [-0.4, -0.2) is 15.0 Å². The van der Waals surface area contributed by atoms with E-state index in [1.54, 1.807) is 0 Å². The number of pyridine rings is 1. The number of benzene rings is 1. The molecule has 3 aromatic rings. The summed E-state index contributed by atoms with van der Waals surface area (Å²) in [5.41, 5.74) is 4.96. The van der Waals surface area contributed by atoms with Gasteiger partial charge in [-0.05, 0) is 18.2 Å². The van der Waals surface area contributed by atoms with E-state index in [2.05, 4.69) is 15.0 Å². The molecule has 0 spiro atoms. The van der Waals surface area contributed by atoms with Crippen molar-refractivity contribution in [1.82, 2.24) is 15.0 Å². The second-order valence-electron chi connectivity index (χ2n) is 4.48. The van der Waals surface area contributed by atoms with E-state index in [1.807, 2.05) is 0 Å². The lowest BCUT2D eigenvalue weighted by molar-refractivity contribution is -0.137. The van der Waals surface area contributed by atoms with Crippen LogP contribution in [0.4, 0.5) is 19.1 Å². The molecule has 0 aliphatic heterocycles. The third-order valence-corrected chi connectivity index (χ3v) is 3.33. The van der Waals surface area contributed by atoms with Crippen molar-refractivity contribution in [2.24, 2.45) is 0 Å². The quantitative estimate of drug-likeness (QED) is 0.688. The van der Waals surface area contributed by atoms with Crippen LogP contribution in [0.2, 0.25) is 5.15 Å². The number of aromatic nitrogens is 3. The molecule has 0 unspecified atom stereocenters. The molecule has 0 atom stereocenters. The lowest BCUT2D eigenvalue weighted by Crippen LogP contribution is -2.07. The number of alkyl halides is 3. The van der Waals surface area contributed by atoms with Crippen molar-refractivity contribution in [2.75, 3.05) is 5.73 Å². The predicted octanol–water partition coefficient (Wildman–Crippen LogP) is 3.95. The number of nitrogen functional groups attached to an aromatic ring is 1. The number of anilines is 1. The normalized spacial score (nSPS) is 11.8. The van der Waals surface area contributed by atoms with Crippen LogP contribution in [-0.2, 0) is 6.18 Å². The number of nitrogens with zero attached hydrogens (tertiary/aromatic N) is 3. The first-order valence-electron chi connectivity index (χ1n) is 6.12. The summed E-state index contributed by atoms with van der Waals surface area (Å²) >= 11 is 5.91. The molecule has 2 N–H and O–H groups in total. The van der Waals surface area contributed by atoms with Gasteiger partial charge in [0.2, 0.25) is 5.95 Å². The molecule has 4 nitrogen and oxygen atoms in total. The van der Waals surface area contributed by atoms with Crippen molar-refractivity contribution in [2.45, 2.75) is 6.18 Å². The minimum absolute atomic E-state index is 0.0368. The summed E-state index contributed by atoms with van der Waals surface area (Å²) in [5.74, 6) is -0.0914. The van der Waals surface area contributed by atoms with Crippen molar-refractivity contribution in [3.63, 3.8) is 0 Å². The van der Waals surface area contributed by atoms with E-state index in [0.717, 1.165) is 6.07 Å². The maximum Gasteiger partial charge on any atom is 0.417 e. The monoisotopic (exact) mass is 324 g/mol. The Hall–Kier alpha value is -2.41. The average molecular weight is 325 g/mol. The number of hydrogen-bond acceptors (Lipinski definition) is 4. The van der Waals surface area contributed by atoms with E-state index in [0.29, 0.717) is 5.39 Å². The summed E-state index contributed by atoms with van der Waals surface area (Å²) in [7, 11) is 0. The van der Waals surface area contributed by atoms with Gasteiger partial charge in [-0.3, -0.25) is 0 Å². The molecule has 0 saturated carbocycles. The van der Waals surface area contributed by atoms with Crippen LogP contribution in [0.5, 0.6) is 0 Å². The average Bonchev–Trinajstić information content (AvgIpc) is 2.45. The Bertz CT molecular complexity index is 864. The van der Waals surface area contributed by atoms with Gasteiger partial charge in [-0.1, -0.05) is 29.8 Å². The van der Waals surface area contributed by atoms with Crippen molar-refractivity contribution in [3.05, 3.63) is 47.1 Å². The predicted molar refractivity (Wildman–Crippen MR) is 77.2 cm³/mol. The Kier molecular flexibility index (Phi) is 3.37. The van der Waals surface area contributed by atoms with Gasteiger partial charge in [-0.15, -0.1) is 0 Å². The van der Waals surface area contributed by atoms with Gasteiger partial charge in [-0.2, -0.15) is 18.2 Å². The van der Waals surface area contributed by atoms with Gasteiger partial charge in [0.15, 0.2) is 5.65 Å². The smallest absolute Gasteiger partial charge is 0.368 e. The minimum Gasteiger partial charge on any atom is -0.368 e. The first kappa shape index (κ1) is 14.5. The van der Waals surface area contributed by atoms with Crippen LogP contribution < -0.4 is 5.73 Å². The fourth-order valence-electron chi connectivity index (χ4n) is 2.09. The van der Waals surface area contributed by atoms with Gasteiger partial charge in [-0.25, -0.2) is 9.97 Å². The Labute approximate surface area is 127 Å². The Morgan fingerprint density at radius 1 is 0.955 bits per heavy atom. The first-order chi connectivity index (χ1) is 10.4. The van der Waals surface area contributed by atoms with Crippen LogP contribution in [0.1, 0.15) is 5.56 Å². The molecule has 0 amide bonds. The number of nitrogens with two attached hydrogens (primary N) is 1. The third kappa shape index (κ3) is 2.55. The van der Waals surface area contributed by atoms with E-state index < -0.39 is 11.7 Å². The van der Waals surface area contributed by atoms with E-state index in [9.17, 15) is 13.2 Å². The van der Waals surface area contributed by atoms with Crippen LogP contribution in [0.3, 0.4) is 0 Å². The number of hydrogen-bond donors (Lipinski definition) is 1. The van der Waals surface area contributed by atoms with Gasteiger partial charge in [0.25, 0.3) is 0 Å². The minimum atomic E-state index is -4.48. The molecule has 22 heavy (non-hydrogen) atoms. The fraction of sp³-hybridized carbons (Fsp3) is 0.0714. The number of halogens is 4. The van der Waals surface area contributed by atoms with E-state index in [4.69, 9.17) is 17.3 Å². The largest absolute Gasteiger partial charge is 0.417 e. The SMILES string of the molecule is Nc1nc(Cl)c2ccc(-c3ccccc3C(F)(F)F)nc2n1. The molecule has 3 rings (SSSR count). The highest BCUT2D eigenvalue weighted by Crippen LogP contribution is 2.36. The maximum atomic E-state index is 13.1. The summed E-state index contributed by atoms with van der Waals surface area (Å²) in [6, 6.07) is 8.15. The van der Waals surface area contributed by atoms with E-state index in [-0.39, 0.29) is 28.0 Å². The van der Waals surface area contributed by atoms with Crippen molar-refractivity contribution < 1.29 is 13.2 Å². The zero-order chi connectivity index (χ0) is 15.9. The molecular weight excluding hydrogens is 317 g/mol. The van der Waals surface area contributed by atoms with Crippen molar-refractivity contribution in [3.8, 4) is 11.3 Å². The van der Waals surface area contributed by atoms with Gasteiger partial charge in [0.05, 0.1) is 16.6 Å². The van der Waals surface area contributed by atoms with E-state index >= 15 is 0 Å². The Balaban J connectivity index is 2.24. The zero-order valence-electron chi connectivity index (χ0n) is 10.9. The van der Waals surface area contributed by atoms with Crippen LogP contribution in [0, 0.1) is 0 Å². The van der Waals surface area contributed by atoms with E-state index in [1.165, 1.54) is 30.3 Å². The highest BCUT2D eigenvalue weighted by Gasteiger charge is 2.33. The topological polar surface area (TPSA) is 64.7 Å². The summed E-state index contributed by atoms with van der Waals surface area (Å²) in [5, 5.41) is 0.523. The fourth-order valence-corrected chi connectivity index (χ4v) is 2.33. The molecule has 8 heteroatoms. The van der Waals surface area contributed by atoms with Crippen molar-refractivity contribution >= 4 is 28.6 Å². The zero-order valence-corrected chi connectivity index (χ0v) is 11.7. The molecule has 1 aromatic carbocycles.